The minimum Gasteiger partial charge on any atom is -0.314 e. The van der Waals surface area contributed by atoms with Gasteiger partial charge < -0.3 is 5.32 Å². The van der Waals surface area contributed by atoms with Gasteiger partial charge in [0.25, 0.3) is 0 Å². The Morgan fingerprint density at radius 2 is 2.00 bits per heavy atom. The molecule has 0 aromatic heterocycles. The Labute approximate surface area is 81.7 Å². The third-order valence-corrected chi connectivity index (χ3v) is 3.07. The van der Waals surface area contributed by atoms with Crippen LogP contribution in [-0.4, -0.2) is 24.6 Å². The second kappa shape index (κ2) is 7.93. The highest BCUT2D eigenvalue weighted by atomic mass is 32.2. The number of hydrogen-bond acceptors (Lipinski definition) is 2. The third-order valence-electron chi connectivity index (χ3n) is 2.43. The molecular formula is C10H23NS. The fourth-order valence-corrected chi connectivity index (χ4v) is 1.87. The summed E-state index contributed by atoms with van der Waals surface area (Å²) in [4.78, 5) is 0. The Morgan fingerprint density at radius 1 is 1.33 bits per heavy atom. The van der Waals surface area contributed by atoms with Crippen molar-refractivity contribution >= 4 is 11.8 Å². The van der Waals surface area contributed by atoms with Crippen molar-refractivity contribution in [3.05, 3.63) is 0 Å². The average Bonchev–Trinajstić information content (AvgIpc) is 2.11. The second-order valence-corrected chi connectivity index (χ2v) is 4.32. The zero-order valence-corrected chi connectivity index (χ0v) is 9.71. The zero-order chi connectivity index (χ0) is 9.40. The third kappa shape index (κ3) is 5.04. The van der Waals surface area contributed by atoms with Gasteiger partial charge in [-0.1, -0.05) is 27.2 Å². The molecule has 0 aliphatic carbocycles. The van der Waals surface area contributed by atoms with Crippen molar-refractivity contribution < 1.29 is 0 Å². The monoisotopic (exact) mass is 189 g/mol. The van der Waals surface area contributed by atoms with E-state index in [2.05, 4.69) is 32.3 Å². The minimum atomic E-state index is 0.729. The van der Waals surface area contributed by atoms with Crippen molar-refractivity contribution in [2.75, 3.05) is 18.6 Å². The van der Waals surface area contributed by atoms with Crippen LogP contribution >= 0.6 is 11.8 Å². The van der Waals surface area contributed by atoms with Gasteiger partial charge in [0, 0.05) is 6.04 Å². The molecule has 74 valence electrons. The van der Waals surface area contributed by atoms with Crippen LogP contribution in [0.4, 0.5) is 0 Å². The largest absolute Gasteiger partial charge is 0.314 e. The van der Waals surface area contributed by atoms with E-state index in [1.54, 1.807) is 0 Å². The lowest BCUT2D eigenvalue weighted by atomic mass is 9.97. The molecule has 1 nitrogen and oxygen atoms in total. The van der Waals surface area contributed by atoms with Gasteiger partial charge in [-0.3, -0.25) is 0 Å². The zero-order valence-electron chi connectivity index (χ0n) is 8.89. The fourth-order valence-electron chi connectivity index (χ4n) is 1.38. The van der Waals surface area contributed by atoms with E-state index >= 15 is 0 Å². The summed E-state index contributed by atoms with van der Waals surface area (Å²) in [5.41, 5.74) is 0. The van der Waals surface area contributed by atoms with Crippen molar-refractivity contribution in [1.29, 1.82) is 0 Å². The standard InChI is InChI=1S/C10H23NS/c1-5-9(3)10(11-6-2)7-8-12-4/h9-11H,5-8H2,1-4H3. The first kappa shape index (κ1) is 12.3. The van der Waals surface area contributed by atoms with Gasteiger partial charge in [-0.25, -0.2) is 0 Å². The molecule has 0 saturated heterocycles. The maximum atomic E-state index is 3.55. The van der Waals surface area contributed by atoms with Crippen LogP contribution in [0.2, 0.25) is 0 Å². The van der Waals surface area contributed by atoms with Crippen LogP contribution in [0.5, 0.6) is 0 Å². The molecule has 0 heterocycles. The van der Waals surface area contributed by atoms with Crippen molar-refractivity contribution in [1.82, 2.24) is 5.32 Å². The quantitative estimate of drug-likeness (QED) is 0.661. The fraction of sp³-hybridized carbons (Fsp3) is 1.00. The van der Waals surface area contributed by atoms with Crippen LogP contribution in [0.1, 0.15) is 33.6 Å². The van der Waals surface area contributed by atoms with Crippen LogP contribution in [0, 0.1) is 5.92 Å². The van der Waals surface area contributed by atoms with Gasteiger partial charge in [0.2, 0.25) is 0 Å². The predicted octanol–water partition coefficient (Wildman–Crippen LogP) is 2.76. The van der Waals surface area contributed by atoms with Crippen LogP contribution < -0.4 is 5.32 Å². The van der Waals surface area contributed by atoms with E-state index in [0.29, 0.717) is 0 Å². The lowest BCUT2D eigenvalue weighted by Gasteiger charge is -2.23. The molecule has 2 heteroatoms. The second-order valence-electron chi connectivity index (χ2n) is 3.33. The maximum absolute atomic E-state index is 3.55. The van der Waals surface area contributed by atoms with Gasteiger partial charge in [0.1, 0.15) is 0 Å². The molecule has 2 atom stereocenters. The highest BCUT2D eigenvalue weighted by Gasteiger charge is 2.13. The molecule has 0 amide bonds. The topological polar surface area (TPSA) is 12.0 Å². The summed E-state index contributed by atoms with van der Waals surface area (Å²) in [6, 6.07) is 0.729. The predicted molar refractivity (Wildman–Crippen MR) is 59.9 cm³/mol. The first-order valence-electron chi connectivity index (χ1n) is 4.98. The lowest BCUT2D eigenvalue weighted by molar-refractivity contribution is 0.366. The lowest BCUT2D eigenvalue weighted by Crippen LogP contribution is -2.35. The van der Waals surface area contributed by atoms with Crippen molar-refractivity contribution in [2.24, 2.45) is 5.92 Å². The normalized spacial score (nSPS) is 16.0. The van der Waals surface area contributed by atoms with Gasteiger partial charge in [-0.2, -0.15) is 11.8 Å². The highest BCUT2D eigenvalue weighted by Crippen LogP contribution is 2.12. The molecule has 2 unspecified atom stereocenters. The van der Waals surface area contributed by atoms with E-state index in [1.807, 2.05) is 11.8 Å². The molecule has 0 radical (unpaired) electrons. The SMILES string of the molecule is CCNC(CCSC)C(C)CC. The van der Waals surface area contributed by atoms with E-state index in [1.165, 1.54) is 18.6 Å². The van der Waals surface area contributed by atoms with Crippen molar-refractivity contribution in [3.8, 4) is 0 Å². The summed E-state index contributed by atoms with van der Waals surface area (Å²) in [6.07, 6.45) is 4.77. The molecule has 0 aliphatic heterocycles. The Hall–Kier alpha value is 0.310. The summed E-state index contributed by atoms with van der Waals surface area (Å²) >= 11 is 1.94. The van der Waals surface area contributed by atoms with Gasteiger partial charge >= 0.3 is 0 Å². The van der Waals surface area contributed by atoms with Crippen LogP contribution in [0.3, 0.4) is 0 Å². The summed E-state index contributed by atoms with van der Waals surface area (Å²) < 4.78 is 0. The summed E-state index contributed by atoms with van der Waals surface area (Å²) in [5.74, 6) is 2.10. The summed E-state index contributed by atoms with van der Waals surface area (Å²) in [5, 5.41) is 3.55. The molecule has 0 rings (SSSR count). The van der Waals surface area contributed by atoms with Gasteiger partial charge in [-0.15, -0.1) is 0 Å². The molecule has 0 aliphatic rings. The molecule has 0 aromatic carbocycles. The Morgan fingerprint density at radius 3 is 2.42 bits per heavy atom. The summed E-state index contributed by atoms with van der Waals surface area (Å²) in [7, 11) is 0. The molecular weight excluding hydrogens is 166 g/mol. The molecule has 0 spiro atoms. The molecule has 0 fully saturated rings. The summed E-state index contributed by atoms with van der Waals surface area (Å²) in [6.45, 7) is 7.90. The van der Waals surface area contributed by atoms with E-state index in [0.717, 1.165) is 18.5 Å². The van der Waals surface area contributed by atoms with Crippen molar-refractivity contribution in [2.45, 2.75) is 39.7 Å². The number of thioether (sulfide) groups is 1. The number of rotatable bonds is 7. The van der Waals surface area contributed by atoms with Crippen LogP contribution in [-0.2, 0) is 0 Å². The maximum Gasteiger partial charge on any atom is 0.0100 e. The van der Waals surface area contributed by atoms with Crippen molar-refractivity contribution in [3.63, 3.8) is 0 Å². The molecule has 0 bridgehead atoms. The smallest absolute Gasteiger partial charge is 0.0100 e. The van der Waals surface area contributed by atoms with E-state index in [-0.39, 0.29) is 0 Å². The van der Waals surface area contributed by atoms with E-state index in [9.17, 15) is 0 Å². The van der Waals surface area contributed by atoms with Gasteiger partial charge in [-0.05, 0) is 30.9 Å². The Kier molecular flexibility index (Phi) is 8.14. The van der Waals surface area contributed by atoms with E-state index in [4.69, 9.17) is 0 Å². The van der Waals surface area contributed by atoms with Gasteiger partial charge in [0.05, 0.1) is 0 Å². The van der Waals surface area contributed by atoms with Crippen LogP contribution in [0.25, 0.3) is 0 Å². The first-order valence-corrected chi connectivity index (χ1v) is 6.37. The Balaban J connectivity index is 3.68. The van der Waals surface area contributed by atoms with E-state index < -0.39 is 0 Å². The molecule has 0 saturated carbocycles. The molecule has 0 aromatic rings. The minimum absolute atomic E-state index is 0.729. The number of nitrogens with one attached hydrogen (secondary N) is 1. The molecule has 12 heavy (non-hydrogen) atoms. The number of hydrogen-bond donors (Lipinski definition) is 1. The Bertz CT molecular complexity index is 95.8. The van der Waals surface area contributed by atoms with Crippen LogP contribution in [0.15, 0.2) is 0 Å². The average molecular weight is 189 g/mol. The van der Waals surface area contributed by atoms with Gasteiger partial charge in [0.15, 0.2) is 0 Å². The first-order chi connectivity index (χ1) is 5.76. The molecule has 1 N–H and O–H groups in total. The highest BCUT2D eigenvalue weighted by molar-refractivity contribution is 7.98.